The van der Waals surface area contributed by atoms with Crippen molar-refractivity contribution in [2.75, 3.05) is 19.8 Å². The van der Waals surface area contributed by atoms with Crippen LogP contribution in [0.3, 0.4) is 0 Å². The fourth-order valence-corrected chi connectivity index (χ4v) is 7.00. The van der Waals surface area contributed by atoms with Crippen molar-refractivity contribution in [3.63, 3.8) is 0 Å². The Hall–Kier alpha value is -2.27. The number of epoxide rings is 1. The van der Waals surface area contributed by atoms with Crippen LogP contribution in [0, 0.1) is 0 Å². The predicted molar refractivity (Wildman–Crippen MR) is 175 cm³/mol. The second-order valence-corrected chi connectivity index (χ2v) is 14.1. The zero-order valence-corrected chi connectivity index (χ0v) is 30.3. The number of nitrogens with one attached hydrogen (secondary N) is 2. The summed E-state index contributed by atoms with van der Waals surface area (Å²) in [5.74, 6) is -2.87. The van der Waals surface area contributed by atoms with E-state index in [1.165, 1.54) is 13.8 Å². The lowest BCUT2D eigenvalue weighted by atomic mass is 9.94. The number of aliphatic carboxylic acids is 1. The number of carboxylic acids is 1. The number of unbranched alkanes of at least 4 members (excludes halogenated alkanes) is 2. The molecule has 0 radical (unpaired) electrons. The molecule has 5 aliphatic heterocycles. The van der Waals surface area contributed by atoms with Crippen molar-refractivity contribution in [1.82, 2.24) is 10.6 Å². The van der Waals surface area contributed by atoms with Gasteiger partial charge in [0.15, 0.2) is 37.6 Å². The van der Waals surface area contributed by atoms with Crippen molar-refractivity contribution in [2.24, 2.45) is 5.73 Å². The molecular weight excluding hydrogens is 746 g/mol. The molecule has 0 aromatic heterocycles. The Bertz CT molecular complexity index is 1300. The van der Waals surface area contributed by atoms with Crippen LogP contribution < -0.4 is 16.4 Å². The number of hydrogen-bond acceptors (Lipinski definition) is 20. The summed E-state index contributed by atoms with van der Waals surface area (Å²) >= 11 is 0. The van der Waals surface area contributed by atoms with E-state index < -0.39 is 147 Å². The van der Waals surface area contributed by atoms with E-state index >= 15 is 0 Å². The summed E-state index contributed by atoms with van der Waals surface area (Å²) < 4.78 is 53.3. The van der Waals surface area contributed by atoms with Gasteiger partial charge >= 0.3 is 5.97 Å². The molecule has 316 valence electrons. The van der Waals surface area contributed by atoms with Gasteiger partial charge < -0.3 is 99.9 Å². The molecule has 5 saturated heterocycles. The molecule has 2 amide bonds. The summed E-state index contributed by atoms with van der Waals surface area (Å²) in [6, 6.07) is -2.48. The van der Waals surface area contributed by atoms with Crippen LogP contribution in [0.5, 0.6) is 0 Å². The lowest BCUT2D eigenvalue weighted by molar-refractivity contribution is -0.373. The Labute approximate surface area is 314 Å². The summed E-state index contributed by atoms with van der Waals surface area (Å²) in [7, 11) is 0. The van der Waals surface area contributed by atoms with Gasteiger partial charge in [-0.1, -0.05) is 0 Å². The van der Waals surface area contributed by atoms with Crippen molar-refractivity contribution in [2.45, 2.75) is 163 Å². The maximum Gasteiger partial charge on any atom is 0.335 e. The molecule has 0 spiro atoms. The average molecular weight is 800 g/mol. The van der Waals surface area contributed by atoms with Crippen LogP contribution in [0.15, 0.2) is 0 Å². The van der Waals surface area contributed by atoms with Crippen molar-refractivity contribution in [3.8, 4) is 0 Å². The van der Waals surface area contributed by atoms with Gasteiger partial charge in [0.1, 0.15) is 79.2 Å². The minimum Gasteiger partial charge on any atom is -0.479 e. The average Bonchev–Trinajstić information content (AvgIpc) is 3.91. The Morgan fingerprint density at radius 2 is 1.24 bits per heavy atom. The highest BCUT2D eigenvalue weighted by molar-refractivity contribution is 5.74. The molecule has 5 fully saturated rings. The van der Waals surface area contributed by atoms with E-state index in [4.69, 9.17) is 48.4 Å². The highest BCUT2D eigenvalue weighted by Gasteiger charge is 2.61. The van der Waals surface area contributed by atoms with Gasteiger partial charge in [0.05, 0.1) is 12.7 Å². The molecule has 0 aromatic rings. The molecule has 0 aliphatic carbocycles. The molecule has 0 saturated carbocycles. The minimum absolute atomic E-state index is 0.241. The standard InChI is InChI=1S/C32H53N3O20/c1-10-22(50-30-20(43)17(40)16(39)13(9-36)49-30)23(52-31-21(44)18(41)19(42)25(53-31)27(45)46)15(35-12(3)38)29(48-10)51-24-14(34-11(2)37)28(55-32-26(24)54-32)47-8-6-4-5-7-33/h10,13-26,28-32,36,39-44H,4-9,33H2,1-3H3,(H,34,37)(H,35,38)(H,45,46)/t10-,13?,14-,15-,16+,17?,18?,19-,20-,21-,22+,23?,24?,25?,26+,28+,29-,30-,31+,32?/m0/s1. The third kappa shape index (κ3) is 10.1. The van der Waals surface area contributed by atoms with Crippen LogP contribution in [0.4, 0.5) is 0 Å². The van der Waals surface area contributed by atoms with E-state index in [2.05, 4.69) is 10.6 Å². The van der Waals surface area contributed by atoms with Gasteiger partial charge in [0, 0.05) is 20.5 Å². The van der Waals surface area contributed by atoms with E-state index in [1.807, 2.05) is 0 Å². The summed E-state index contributed by atoms with van der Waals surface area (Å²) in [5.41, 5.74) is 5.58. The molecule has 12 N–H and O–H groups in total. The number of carbonyl (C=O) groups excluding carboxylic acids is 2. The fraction of sp³-hybridized carbons (Fsp3) is 0.906. The number of nitrogens with two attached hydrogens (primary N) is 1. The maximum atomic E-state index is 12.8. The number of rotatable bonds is 16. The van der Waals surface area contributed by atoms with Gasteiger partial charge in [-0.25, -0.2) is 4.79 Å². The van der Waals surface area contributed by atoms with Gasteiger partial charge in [-0.3, -0.25) is 9.59 Å². The molecule has 5 aliphatic rings. The summed E-state index contributed by atoms with van der Waals surface area (Å²) in [6.45, 7) is 3.80. The molecule has 23 heteroatoms. The number of aliphatic hydroxyl groups excluding tert-OH is 7. The molecule has 5 heterocycles. The first kappa shape index (κ1) is 43.8. The van der Waals surface area contributed by atoms with E-state index in [0.29, 0.717) is 13.0 Å². The first-order valence-electron chi connectivity index (χ1n) is 18.1. The largest absolute Gasteiger partial charge is 0.479 e. The molecule has 55 heavy (non-hydrogen) atoms. The topological polar surface area (TPSA) is 349 Å². The van der Waals surface area contributed by atoms with Crippen LogP contribution >= 0.6 is 0 Å². The van der Waals surface area contributed by atoms with Gasteiger partial charge in [-0.05, 0) is 32.7 Å². The third-order valence-corrected chi connectivity index (χ3v) is 9.91. The number of carbonyl (C=O) groups is 3. The quantitative estimate of drug-likeness (QED) is 0.0511. The zero-order chi connectivity index (χ0) is 40.3. The van der Waals surface area contributed by atoms with E-state index in [0.717, 1.165) is 19.8 Å². The van der Waals surface area contributed by atoms with Crippen LogP contribution in [0.1, 0.15) is 40.0 Å². The second kappa shape index (κ2) is 19.0. The lowest BCUT2D eigenvalue weighted by Gasteiger charge is -2.50. The lowest BCUT2D eigenvalue weighted by Crippen LogP contribution is -2.70. The minimum atomic E-state index is -2.09. The SMILES string of the molecule is CC(=O)N[C@H]1C(O[C@@H]2O[C@@H](C)[C@@H](O[C@@H]3OC(CO)[C@@H](O)C(O)[C@@H]3O)C(O[C@@H]3OC(C(=O)O)[C@@H](O)C(O)[C@@H]3O)[C@@H]2NC(C)=O)[C@H]2OC2O[C@H]1OCCCCCN. The molecular formula is C32H53N3O20. The summed E-state index contributed by atoms with van der Waals surface area (Å²) in [5, 5.41) is 88.1. The van der Waals surface area contributed by atoms with Crippen molar-refractivity contribution < 1.29 is 97.9 Å². The molecule has 7 unspecified atom stereocenters. The summed E-state index contributed by atoms with van der Waals surface area (Å²) in [6.07, 6.45) is -26.4. The van der Waals surface area contributed by atoms with E-state index in [9.17, 15) is 55.2 Å². The third-order valence-electron chi connectivity index (χ3n) is 9.91. The Balaban J connectivity index is 1.47. The number of hydrogen-bond donors (Lipinski definition) is 11. The number of aliphatic hydroxyl groups is 7. The normalized spacial score (nSPS) is 45.7. The van der Waals surface area contributed by atoms with Crippen molar-refractivity contribution in [1.29, 1.82) is 0 Å². The van der Waals surface area contributed by atoms with E-state index in [1.54, 1.807) is 0 Å². The fourth-order valence-electron chi connectivity index (χ4n) is 7.00. The Morgan fingerprint density at radius 3 is 1.84 bits per heavy atom. The van der Waals surface area contributed by atoms with Crippen LogP contribution in [-0.4, -0.2) is 201 Å². The van der Waals surface area contributed by atoms with E-state index in [-0.39, 0.29) is 6.61 Å². The Morgan fingerprint density at radius 1 is 0.655 bits per heavy atom. The van der Waals surface area contributed by atoms with Crippen molar-refractivity contribution in [3.05, 3.63) is 0 Å². The molecule has 20 atom stereocenters. The Kier molecular flexibility index (Phi) is 15.1. The first-order chi connectivity index (χ1) is 26.1. The number of amides is 2. The highest BCUT2D eigenvalue weighted by atomic mass is 16.8. The van der Waals surface area contributed by atoms with Gasteiger partial charge in [-0.2, -0.15) is 0 Å². The number of carboxylic acid groups (broad SMARTS) is 1. The van der Waals surface area contributed by atoms with Gasteiger partial charge in [0.25, 0.3) is 0 Å². The molecule has 0 bridgehead atoms. The van der Waals surface area contributed by atoms with Gasteiger partial charge in [-0.15, -0.1) is 0 Å². The van der Waals surface area contributed by atoms with Crippen LogP contribution in [0.25, 0.3) is 0 Å². The smallest absolute Gasteiger partial charge is 0.335 e. The zero-order valence-electron chi connectivity index (χ0n) is 30.3. The monoisotopic (exact) mass is 799 g/mol. The number of fused-ring (bicyclic) bond motifs is 1. The molecule has 0 aromatic carbocycles. The number of ether oxygens (including phenoxy) is 9. The molecule has 23 nitrogen and oxygen atoms in total. The highest BCUT2D eigenvalue weighted by Crippen LogP contribution is 2.41. The molecule has 5 rings (SSSR count). The maximum absolute atomic E-state index is 12.8. The summed E-state index contributed by atoms with van der Waals surface area (Å²) in [4.78, 5) is 37.1. The van der Waals surface area contributed by atoms with Crippen LogP contribution in [-0.2, 0) is 57.0 Å². The van der Waals surface area contributed by atoms with Crippen molar-refractivity contribution >= 4 is 17.8 Å². The second-order valence-electron chi connectivity index (χ2n) is 14.1. The predicted octanol–water partition coefficient (Wildman–Crippen LogP) is -6.18. The van der Waals surface area contributed by atoms with Crippen LogP contribution in [0.2, 0.25) is 0 Å². The van der Waals surface area contributed by atoms with Gasteiger partial charge in [0.2, 0.25) is 11.8 Å². The first-order valence-corrected chi connectivity index (χ1v) is 18.1.